The van der Waals surface area contributed by atoms with Crippen LogP contribution in [0.15, 0.2) is 18.5 Å². The second-order valence-electron chi connectivity index (χ2n) is 3.46. The van der Waals surface area contributed by atoms with E-state index in [1.165, 1.54) is 0 Å². The molecule has 0 radical (unpaired) electrons. The number of aromatic nitrogens is 3. The molecule has 0 spiro atoms. The highest BCUT2D eigenvalue weighted by Gasteiger charge is 2.03. The van der Waals surface area contributed by atoms with Crippen LogP contribution in [0, 0.1) is 6.92 Å². The van der Waals surface area contributed by atoms with Crippen LogP contribution in [0.2, 0.25) is 0 Å². The number of hydrogen-bond acceptors (Lipinski definition) is 4. The lowest BCUT2D eigenvalue weighted by molar-refractivity contribution is 0.865. The van der Waals surface area contributed by atoms with Gasteiger partial charge in [0.1, 0.15) is 5.52 Å². The van der Waals surface area contributed by atoms with Crippen molar-refractivity contribution in [2.24, 2.45) is 5.73 Å². The maximum atomic E-state index is 5.43. The van der Waals surface area contributed by atoms with Crippen LogP contribution in [0.4, 0.5) is 5.82 Å². The molecule has 5 heteroatoms. The van der Waals surface area contributed by atoms with Gasteiger partial charge in [-0.05, 0) is 26.0 Å². The first-order chi connectivity index (χ1) is 7.31. The molecule has 0 aromatic carbocycles. The maximum Gasteiger partial charge on any atom is 0.152 e. The van der Waals surface area contributed by atoms with Crippen LogP contribution in [0.1, 0.15) is 12.1 Å². The van der Waals surface area contributed by atoms with Crippen LogP contribution < -0.4 is 11.1 Å². The second-order valence-corrected chi connectivity index (χ2v) is 3.46. The first kappa shape index (κ1) is 9.92. The maximum absolute atomic E-state index is 5.43. The molecule has 15 heavy (non-hydrogen) atoms. The molecular formula is C10H15N5. The molecule has 0 aliphatic carbocycles. The standard InChI is InChI=1S/C10H15N5/c1-8-7-9-10(12-4-2-3-11)13-5-6-15(9)14-8/h5-7H,2-4,11H2,1H3,(H,12,13). The number of rotatable bonds is 4. The normalized spacial score (nSPS) is 10.8. The highest BCUT2D eigenvalue weighted by atomic mass is 15.2. The Morgan fingerprint density at radius 3 is 3.20 bits per heavy atom. The third-order valence-corrected chi connectivity index (χ3v) is 2.19. The van der Waals surface area contributed by atoms with Crippen LogP contribution >= 0.6 is 0 Å². The van der Waals surface area contributed by atoms with E-state index in [1.807, 2.05) is 23.7 Å². The summed E-state index contributed by atoms with van der Waals surface area (Å²) in [5, 5.41) is 7.56. The highest BCUT2D eigenvalue weighted by molar-refractivity contribution is 5.67. The largest absolute Gasteiger partial charge is 0.368 e. The first-order valence-electron chi connectivity index (χ1n) is 5.06. The number of nitrogens with zero attached hydrogens (tertiary/aromatic N) is 3. The van der Waals surface area contributed by atoms with Crippen molar-refractivity contribution in [3.63, 3.8) is 0 Å². The molecule has 0 saturated heterocycles. The molecule has 80 valence electrons. The third kappa shape index (κ3) is 2.07. The van der Waals surface area contributed by atoms with Gasteiger partial charge in [-0.1, -0.05) is 0 Å². The molecule has 0 aliphatic heterocycles. The van der Waals surface area contributed by atoms with E-state index in [2.05, 4.69) is 15.4 Å². The number of nitrogens with one attached hydrogen (secondary N) is 1. The number of hydrogen-bond donors (Lipinski definition) is 2. The van der Waals surface area contributed by atoms with E-state index in [0.29, 0.717) is 6.54 Å². The summed E-state index contributed by atoms with van der Waals surface area (Å²) in [5.74, 6) is 0.867. The minimum absolute atomic E-state index is 0.689. The quantitative estimate of drug-likeness (QED) is 0.724. The van der Waals surface area contributed by atoms with Crippen molar-refractivity contribution in [1.82, 2.24) is 14.6 Å². The smallest absolute Gasteiger partial charge is 0.152 e. The summed E-state index contributed by atoms with van der Waals surface area (Å²) in [4.78, 5) is 4.28. The Kier molecular flexibility index (Phi) is 2.82. The van der Waals surface area contributed by atoms with Gasteiger partial charge in [0.05, 0.1) is 5.69 Å². The Morgan fingerprint density at radius 2 is 2.40 bits per heavy atom. The minimum Gasteiger partial charge on any atom is -0.368 e. The van der Waals surface area contributed by atoms with E-state index >= 15 is 0 Å². The Hall–Kier alpha value is -1.62. The SMILES string of the molecule is Cc1cc2c(NCCCN)nccn2n1. The fraction of sp³-hybridized carbons (Fsp3) is 0.400. The summed E-state index contributed by atoms with van der Waals surface area (Å²) < 4.78 is 1.83. The molecule has 0 bridgehead atoms. The Bertz CT molecular complexity index is 448. The molecule has 0 saturated carbocycles. The van der Waals surface area contributed by atoms with Gasteiger partial charge < -0.3 is 11.1 Å². The number of nitrogens with two attached hydrogens (primary N) is 1. The van der Waals surface area contributed by atoms with Crippen LogP contribution in [0.5, 0.6) is 0 Å². The van der Waals surface area contributed by atoms with Crippen molar-refractivity contribution >= 4 is 11.3 Å². The predicted octanol–water partition coefficient (Wildman–Crippen LogP) is 0.798. The number of fused-ring (bicyclic) bond motifs is 1. The van der Waals surface area contributed by atoms with Crippen LogP contribution in [0.3, 0.4) is 0 Å². The molecule has 2 heterocycles. The van der Waals surface area contributed by atoms with E-state index in [-0.39, 0.29) is 0 Å². The molecule has 2 rings (SSSR count). The minimum atomic E-state index is 0.689. The fourth-order valence-corrected chi connectivity index (χ4v) is 1.49. The molecule has 0 amide bonds. The van der Waals surface area contributed by atoms with Crippen molar-refractivity contribution in [3.8, 4) is 0 Å². The van der Waals surface area contributed by atoms with Crippen molar-refractivity contribution in [3.05, 3.63) is 24.2 Å². The van der Waals surface area contributed by atoms with Crippen LogP contribution in [0.25, 0.3) is 5.52 Å². The summed E-state index contributed by atoms with van der Waals surface area (Å²) in [6, 6.07) is 2.01. The molecule has 0 atom stereocenters. The molecule has 3 N–H and O–H groups in total. The summed E-state index contributed by atoms with van der Waals surface area (Å²) in [6.45, 7) is 3.50. The Balaban J connectivity index is 2.25. The highest BCUT2D eigenvalue weighted by Crippen LogP contribution is 2.14. The van der Waals surface area contributed by atoms with Gasteiger partial charge in [-0.3, -0.25) is 0 Å². The Morgan fingerprint density at radius 1 is 1.53 bits per heavy atom. The van der Waals surface area contributed by atoms with E-state index < -0.39 is 0 Å². The molecule has 2 aromatic heterocycles. The lowest BCUT2D eigenvalue weighted by Gasteiger charge is -2.05. The Labute approximate surface area is 88.3 Å². The van der Waals surface area contributed by atoms with Gasteiger partial charge in [-0.2, -0.15) is 5.10 Å². The zero-order valence-electron chi connectivity index (χ0n) is 8.77. The van der Waals surface area contributed by atoms with Crippen molar-refractivity contribution < 1.29 is 0 Å². The van der Waals surface area contributed by atoms with Gasteiger partial charge in [0.25, 0.3) is 0 Å². The van der Waals surface area contributed by atoms with E-state index in [0.717, 1.165) is 30.0 Å². The summed E-state index contributed by atoms with van der Waals surface area (Å²) in [6.07, 6.45) is 4.52. The molecule has 0 aliphatic rings. The van der Waals surface area contributed by atoms with E-state index in [1.54, 1.807) is 6.20 Å². The van der Waals surface area contributed by atoms with Gasteiger partial charge in [0, 0.05) is 18.9 Å². The van der Waals surface area contributed by atoms with Gasteiger partial charge in [0.15, 0.2) is 5.82 Å². The zero-order valence-corrected chi connectivity index (χ0v) is 8.77. The number of aryl methyl sites for hydroxylation is 1. The lowest BCUT2D eigenvalue weighted by Crippen LogP contribution is -2.10. The topological polar surface area (TPSA) is 68.2 Å². The van der Waals surface area contributed by atoms with Crippen LogP contribution in [-0.2, 0) is 0 Å². The van der Waals surface area contributed by atoms with Crippen molar-refractivity contribution in [1.29, 1.82) is 0 Å². The zero-order chi connectivity index (χ0) is 10.7. The summed E-state index contributed by atoms with van der Waals surface area (Å²) >= 11 is 0. The molecule has 2 aromatic rings. The first-order valence-corrected chi connectivity index (χ1v) is 5.06. The van der Waals surface area contributed by atoms with Gasteiger partial charge in [-0.15, -0.1) is 0 Å². The van der Waals surface area contributed by atoms with Crippen LogP contribution in [-0.4, -0.2) is 27.7 Å². The monoisotopic (exact) mass is 205 g/mol. The molecule has 5 nitrogen and oxygen atoms in total. The molecular weight excluding hydrogens is 190 g/mol. The van der Waals surface area contributed by atoms with Crippen molar-refractivity contribution in [2.75, 3.05) is 18.4 Å². The van der Waals surface area contributed by atoms with Gasteiger partial charge >= 0.3 is 0 Å². The van der Waals surface area contributed by atoms with Gasteiger partial charge in [0.2, 0.25) is 0 Å². The second kappa shape index (κ2) is 4.27. The fourth-order valence-electron chi connectivity index (χ4n) is 1.49. The summed E-state index contributed by atoms with van der Waals surface area (Å²) in [7, 11) is 0. The third-order valence-electron chi connectivity index (χ3n) is 2.19. The molecule has 0 fully saturated rings. The van der Waals surface area contributed by atoms with E-state index in [9.17, 15) is 0 Å². The molecule has 0 unspecified atom stereocenters. The van der Waals surface area contributed by atoms with Crippen molar-refractivity contribution in [2.45, 2.75) is 13.3 Å². The predicted molar refractivity (Wildman–Crippen MR) is 59.9 cm³/mol. The lowest BCUT2D eigenvalue weighted by atomic mass is 10.4. The van der Waals surface area contributed by atoms with E-state index in [4.69, 9.17) is 5.73 Å². The number of anilines is 1. The van der Waals surface area contributed by atoms with Gasteiger partial charge in [-0.25, -0.2) is 9.50 Å². The average molecular weight is 205 g/mol. The summed E-state index contributed by atoms with van der Waals surface area (Å²) in [5.41, 5.74) is 7.43. The average Bonchev–Trinajstić information content (AvgIpc) is 2.59.